The lowest BCUT2D eigenvalue weighted by atomic mass is 9.84. The van der Waals surface area contributed by atoms with E-state index in [2.05, 4.69) is 24.0 Å². The first-order chi connectivity index (χ1) is 12.8. The van der Waals surface area contributed by atoms with Crippen LogP contribution in [0, 0.1) is 25.6 Å². The van der Waals surface area contributed by atoms with Gasteiger partial charge in [0, 0.05) is 39.5 Å². The second-order valence-corrected chi connectivity index (χ2v) is 7.53. The molecule has 0 aliphatic carbocycles. The van der Waals surface area contributed by atoms with Crippen molar-refractivity contribution in [2.45, 2.75) is 40.0 Å². The zero-order chi connectivity index (χ0) is 19.6. The summed E-state index contributed by atoms with van der Waals surface area (Å²) in [4.78, 5) is 16.8. The summed E-state index contributed by atoms with van der Waals surface area (Å²) in [5.74, 6) is 0.838. The van der Waals surface area contributed by atoms with Gasteiger partial charge in [-0.1, -0.05) is 31.1 Å². The molecule has 0 saturated carbocycles. The summed E-state index contributed by atoms with van der Waals surface area (Å²) in [7, 11) is 0. The molecule has 7 heteroatoms. The number of piperazine rings is 1. The Morgan fingerprint density at radius 1 is 1.19 bits per heavy atom. The highest BCUT2D eigenvalue weighted by atomic mass is 19.1. The summed E-state index contributed by atoms with van der Waals surface area (Å²) in [6.45, 7) is 10.3. The molecule has 1 aliphatic heterocycles. The van der Waals surface area contributed by atoms with Gasteiger partial charge < -0.3 is 14.2 Å². The summed E-state index contributed by atoms with van der Waals surface area (Å²) in [5, 5.41) is 7.90. The van der Waals surface area contributed by atoms with Crippen molar-refractivity contribution in [2.75, 3.05) is 31.1 Å². The van der Waals surface area contributed by atoms with Crippen LogP contribution >= 0.6 is 0 Å². The minimum absolute atomic E-state index is 0.0772. The Morgan fingerprint density at radius 3 is 2.44 bits per heavy atom. The molecule has 6 nitrogen and oxygen atoms in total. The minimum atomic E-state index is -0.208. The number of anilines is 1. The molecule has 1 aliphatic rings. The molecule has 1 unspecified atom stereocenters. The molecule has 27 heavy (non-hydrogen) atoms. The average Bonchev–Trinajstić information content (AvgIpc) is 3.08. The van der Waals surface area contributed by atoms with Crippen molar-refractivity contribution >= 4 is 11.9 Å². The van der Waals surface area contributed by atoms with E-state index in [1.54, 1.807) is 19.9 Å². The van der Waals surface area contributed by atoms with Gasteiger partial charge in [-0.3, -0.25) is 4.79 Å². The smallest absolute Gasteiger partial charge is 0.318 e. The average molecular weight is 374 g/mol. The second-order valence-electron chi connectivity index (χ2n) is 7.53. The van der Waals surface area contributed by atoms with Crippen molar-refractivity contribution in [2.24, 2.45) is 5.92 Å². The van der Waals surface area contributed by atoms with Crippen molar-refractivity contribution in [1.82, 2.24) is 15.1 Å². The molecule has 146 valence electrons. The van der Waals surface area contributed by atoms with Gasteiger partial charge in [0.1, 0.15) is 5.82 Å². The molecule has 1 amide bonds. The zero-order valence-electron chi connectivity index (χ0n) is 16.4. The van der Waals surface area contributed by atoms with Gasteiger partial charge in [-0.25, -0.2) is 4.39 Å². The third-order valence-electron chi connectivity index (χ3n) is 5.23. The van der Waals surface area contributed by atoms with Crippen LogP contribution in [0.4, 0.5) is 10.4 Å². The Labute approximate surface area is 159 Å². The molecular formula is C20H27FN4O2. The number of aryl methyl sites for hydroxylation is 2. The normalized spacial score (nSPS) is 16.1. The lowest BCUT2D eigenvalue weighted by molar-refractivity contribution is -0.132. The molecule has 1 aromatic heterocycles. The second kappa shape index (κ2) is 8.06. The van der Waals surface area contributed by atoms with Crippen molar-refractivity contribution in [3.63, 3.8) is 0 Å². The maximum Gasteiger partial charge on any atom is 0.318 e. The summed E-state index contributed by atoms with van der Waals surface area (Å²) in [6, 6.07) is 5.68. The van der Waals surface area contributed by atoms with Crippen molar-refractivity contribution in [3.05, 3.63) is 41.0 Å². The number of hydrogen-bond acceptors (Lipinski definition) is 5. The van der Waals surface area contributed by atoms with Crippen LogP contribution in [0.1, 0.15) is 43.2 Å². The molecule has 1 saturated heterocycles. The molecular weight excluding hydrogens is 347 g/mol. The van der Waals surface area contributed by atoms with E-state index in [1.165, 1.54) is 6.07 Å². The monoisotopic (exact) mass is 374 g/mol. The SMILES string of the molecule is Cc1nnc(N2CCN(C(=O)CC(c3ccc(F)c(C)c3)C(C)C)CC2)o1. The lowest BCUT2D eigenvalue weighted by Crippen LogP contribution is -2.49. The number of carbonyl (C=O) groups excluding carboxylic acids is 1. The van der Waals surface area contributed by atoms with Crippen LogP contribution in [0.5, 0.6) is 0 Å². The molecule has 0 bridgehead atoms. The number of hydrogen-bond donors (Lipinski definition) is 0. The minimum Gasteiger partial charge on any atom is -0.408 e. The number of benzene rings is 1. The third-order valence-corrected chi connectivity index (χ3v) is 5.23. The third kappa shape index (κ3) is 4.46. The first-order valence-electron chi connectivity index (χ1n) is 9.44. The van der Waals surface area contributed by atoms with Crippen molar-refractivity contribution in [1.29, 1.82) is 0 Å². The quantitative estimate of drug-likeness (QED) is 0.804. The Hall–Kier alpha value is -2.44. The zero-order valence-corrected chi connectivity index (χ0v) is 16.4. The fourth-order valence-corrected chi connectivity index (χ4v) is 3.52. The van der Waals surface area contributed by atoms with E-state index in [4.69, 9.17) is 4.42 Å². The number of amides is 1. The van der Waals surface area contributed by atoms with Crippen LogP contribution in [0.2, 0.25) is 0 Å². The fraction of sp³-hybridized carbons (Fsp3) is 0.550. The summed E-state index contributed by atoms with van der Waals surface area (Å²) >= 11 is 0. The van der Waals surface area contributed by atoms with Crippen LogP contribution in [-0.2, 0) is 4.79 Å². The molecule has 1 atom stereocenters. The maximum absolute atomic E-state index is 13.6. The van der Waals surface area contributed by atoms with E-state index in [-0.39, 0.29) is 17.6 Å². The maximum atomic E-state index is 13.6. The molecule has 1 aromatic carbocycles. The topological polar surface area (TPSA) is 62.5 Å². The molecule has 1 fully saturated rings. The lowest BCUT2D eigenvalue weighted by Gasteiger charge is -2.35. The highest BCUT2D eigenvalue weighted by molar-refractivity contribution is 5.77. The number of aromatic nitrogens is 2. The van der Waals surface area contributed by atoms with Crippen LogP contribution in [0.15, 0.2) is 22.6 Å². The highest BCUT2D eigenvalue weighted by Crippen LogP contribution is 2.30. The van der Waals surface area contributed by atoms with Gasteiger partial charge in [0.2, 0.25) is 11.8 Å². The van der Waals surface area contributed by atoms with Gasteiger partial charge in [0.15, 0.2) is 0 Å². The van der Waals surface area contributed by atoms with E-state index in [9.17, 15) is 9.18 Å². The van der Waals surface area contributed by atoms with E-state index < -0.39 is 0 Å². The molecule has 0 N–H and O–H groups in total. The van der Waals surface area contributed by atoms with Crippen LogP contribution in [0.25, 0.3) is 0 Å². The van der Waals surface area contributed by atoms with Gasteiger partial charge in [-0.05, 0) is 36.0 Å². The number of rotatable bonds is 5. The largest absolute Gasteiger partial charge is 0.408 e. The standard InChI is InChI=1S/C20H27FN4O2/c1-13(2)17(16-5-6-18(21)14(3)11-16)12-19(26)24-7-9-25(10-8-24)20-23-22-15(4)27-20/h5-6,11,13,17H,7-10,12H2,1-4H3. The van der Waals surface area contributed by atoms with E-state index >= 15 is 0 Å². The Morgan fingerprint density at radius 2 is 1.89 bits per heavy atom. The Kier molecular flexibility index (Phi) is 5.77. The van der Waals surface area contributed by atoms with E-state index in [1.807, 2.05) is 15.9 Å². The highest BCUT2D eigenvalue weighted by Gasteiger charge is 2.27. The number of halogens is 1. The summed E-state index contributed by atoms with van der Waals surface area (Å²) in [5.41, 5.74) is 1.64. The molecule has 3 rings (SSSR count). The van der Waals surface area contributed by atoms with Gasteiger partial charge in [0.05, 0.1) is 0 Å². The van der Waals surface area contributed by atoms with E-state index in [0.29, 0.717) is 56.0 Å². The molecule has 2 heterocycles. The van der Waals surface area contributed by atoms with E-state index in [0.717, 1.165) is 5.56 Å². The molecule has 0 spiro atoms. The van der Waals surface area contributed by atoms with Crippen molar-refractivity contribution < 1.29 is 13.6 Å². The first-order valence-corrected chi connectivity index (χ1v) is 9.44. The van der Waals surface area contributed by atoms with Gasteiger partial charge in [0.25, 0.3) is 0 Å². The van der Waals surface area contributed by atoms with Gasteiger partial charge in [-0.15, -0.1) is 5.10 Å². The predicted octanol–water partition coefficient (Wildman–Crippen LogP) is 3.30. The Bertz CT molecular complexity index is 797. The summed E-state index contributed by atoms with van der Waals surface area (Å²) < 4.78 is 19.1. The molecule has 2 aromatic rings. The number of nitrogens with zero attached hydrogens (tertiary/aromatic N) is 4. The fourth-order valence-electron chi connectivity index (χ4n) is 3.52. The summed E-state index contributed by atoms with van der Waals surface area (Å²) in [6.07, 6.45) is 0.433. The first kappa shape index (κ1) is 19.3. The number of carbonyl (C=O) groups is 1. The van der Waals surface area contributed by atoms with Crippen LogP contribution in [-0.4, -0.2) is 47.2 Å². The Balaban J connectivity index is 1.62. The van der Waals surface area contributed by atoms with Crippen LogP contribution in [0.3, 0.4) is 0 Å². The predicted molar refractivity (Wildman–Crippen MR) is 101 cm³/mol. The van der Waals surface area contributed by atoms with Gasteiger partial charge >= 0.3 is 6.01 Å². The van der Waals surface area contributed by atoms with Crippen LogP contribution < -0.4 is 4.90 Å². The molecule has 0 radical (unpaired) electrons. The van der Waals surface area contributed by atoms with Gasteiger partial charge in [-0.2, -0.15) is 0 Å². The van der Waals surface area contributed by atoms with Crippen molar-refractivity contribution in [3.8, 4) is 0 Å².